The van der Waals surface area contributed by atoms with Crippen LogP contribution in [0.15, 0.2) is 41.8 Å². The van der Waals surface area contributed by atoms with E-state index in [1.54, 1.807) is 11.3 Å². The van der Waals surface area contributed by atoms with Crippen LogP contribution in [-0.2, 0) is 13.2 Å². The van der Waals surface area contributed by atoms with Gasteiger partial charge >= 0.3 is 0 Å². The maximum atomic E-state index is 9.06. The van der Waals surface area contributed by atoms with E-state index in [0.717, 1.165) is 12.1 Å². The van der Waals surface area contributed by atoms with Gasteiger partial charge in [0.2, 0.25) is 0 Å². The molecule has 0 saturated heterocycles. The van der Waals surface area contributed by atoms with E-state index in [4.69, 9.17) is 5.11 Å². The summed E-state index contributed by atoms with van der Waals surface area (Å²) in [6.07, 6.45) is 0. The summed E-state index contributed by atoms with van der Waals surface area (Å²) in [5.41, 5.74) is 2.38. The molecule has 0 amide bonds. The Labute approximate surface area is 125 Å². The van der Waals surface area contributed by atoms with Crippen LogP contribution in [0.3, 0.4) is 0 Å². The lowest BCUT2D eigenvalue weighted by atomic mass is 9.85. The van der Waals surface area contributed by atoms with E-state index < -0.39 is 0 Å². The molecule has 2 N–H and O–H groups in total. The Balaban J connectivity index is 2.05. The zero-order chi connectivity index (χ0) is 14.6. The highest BCUT2D eigenvalue weighted by Gasteiger charge is 2.26. The van der Waals surface area contributed by atoms with Gasteiger partial charge in [-0.05, 0) is 28.0 Å². The van der Waals surface area contributed by atoms with E-state index in [0.29, 0.717) is 6.04 Å². The Hall–Kier alpha value is -1.16. The first-order valence-electron chi connectivity index (χ1n) is 6.96. The van der Waals surface area contributed by atoms with Gasteiger partial charge < -0.3 is 10.4 Å². The fraction of sp³-hybridized carbons (Fsp3) is 0.412. The van der Waals surface area contributed by atoms with Gasteiger partial charge in [0.25, 0.3) is 0 Å². The summed E-state index contributed by atoms with van der Waals surface area (Å²) in [7, 11) is 0. The fourth-order valence-corrected chi connectivity index (χ4v) is 3.32. The minimum absolute atomic E-state index is 0.105. The third-order valence-electron chi connectivity index (χ3n) is 3.41. The van der Waals surface area contributed by atoms with Crippen LogP contribution < -0.4 is 5.32 Å². The van der Waals surface area contributed by atoms with Gasteiger partial charge in [0.15, 0.2) is 0 Å². The van der Waals surface area contributed by atoms with Crippen LogP contribution >= 0.6 is 11.3 Å². The second-order valence-corrected chi connectivity index (χ2v) is 7.15. The van der Waals surface area contributed by atoms with Gasteiger partial charge in [-0.25, -0.2) is 0 Å². The summed E-state index contributed by atoms with van der Waals surface area (Å²) in [4.78, 5) is 1.38. The molecule has 0 bridgehead atoms. The van der Waals surface area contributed by atoms with Gasteiger partial charge in [0.05, 0.1) is 6.61 Å². The highest BCUT2D eigenvalue weighted by Crippen LogP contribution is 2.35. The first kappa shape index (κ1) is 15.2. The van der Waals surface area contributed by atoms with E-state index in [2.05, 4.69) is 55.7 Å². The smallest absolute Gasteiger partial charge is 0.0681 e. The van der Waals surface area contributed by atoms with Crippen molar-refractivity contribution < 1.29 is 5.11 Å². The van der Waals surface area contributed by atoms with Gasteiger partial charge in [0.1, 0.15) is 0 Å². The predicted molar refractivity (Wildman–Crippen MR) is 85.7 cm³/mol. The molecule has 1 atom stereocenters. The molecule has 108 valence electrons. The van der Waals surface area contributed by atoms with Crippen LogP contribution in [0.5, 0.6) is 0 Å². The lowest BCUT2D eigenvalue weighted by molar-refractivity contribution is 0.274. The predicted octanol–water partition coefficient (Wildman–Crippen LogP) is 4.12. The van der Waals surface area contributed by atoms with E-state index in [1.165, 1.54) is 10.4 Å². The molecule has 1 unspecified atom stereocenters. The Morgan fingerprint density at radius 2 is 1.75 bits per heavy atom. The van der Waals surface area contributed by atoms with Gasteiger partial charge in [-0.15, -0.1) is 11.3 Å². The van der Waals surface area contributed by atoms with Crippen molar-refractivity contribution in [3.8, 4) is 0 Å². The van der Waals surface area contributed by atoms with E-state index in [1.807, 2.05) is 12.1 Å². The minimum atomic E-state index is 0.105. The van der Waals surface area contributed by atoms with Gasteiger partial charge in [-0.2, -0.15) is 0 Å². The standard InChI is InChI=1S/C17H23NOS/c1-17(2,3)16(15-5-4-10-20-15)18-11-13-6-8-14(12-19)9-7-13/h4-10,16,18-19H,11-12H2,1-3H3. The number of hydrogen-bond donors (Lipinski definition) is 2. The first-order chi connectivity index (χ1) is 9.50. The van der Waals surface area contributed by atoms with Gasteiger partial charge in [-0.1, -0.05) is 51.1 Å². The third kappa shape index (κ3) is 3.92. The van der Waals surface area contributed by atoms with Crippen LogP contribution in [0.4, 0.5) is 0 Å². The Kier molecular flexibility index (Phi) is 4.97. The maximum absolute atomic E-state index is 9.06. The topological polar surface area (TPSA) is 32.3 Å². The molecule has 0 aliphatic rings. The van der Waals surface area contributed by atoms with Crippen LogP contribution in [0.2, 0.25) is 0 Å². The van der Waals surface area contributed by atoms with Crippen molar-refractivity contribution in [3.63, 3.8) is 0 Å². The molecule has 1 aromatic heterocycles. The summed E-state index contributed by atoms with van der Waals surface area (Å²) in [6.45, 7) is 7.73. The number of rotatable bonds is 5. The minimum Gasteiger partial charge on any atom is -0.392 e. The average Bonchev–Trinajstić information content (AvgIpc) is 2.92. The number of hydrogen-bond acceptors (Lipinski definition) is 3. The van der Waals surface area contributed by atoms with Crippen LogP contribution in [0, 0.1) is 5.41 Å². The lowest BCUT2D eigenvalue weighted by Crippen LogP contribution is -2.31. The number of nitrogens with one attached hydrogen (secondary N) is 1. The quantitative estimate of drug-likeness (QED) is 0.868. The van der Waals surface area contributed by atoms with Crippen LogP contribution in [0.25, 0.3) is 0 Å². The summed E-state index contributed by atoms with van der Waals surface area (Å²) < 4.78 is 0. The SMILES string of the molecule is CC(C)(C)C(NCc1ccc(CO)cc1)c1cccs1. The monoisotopic (exact) mass is 289 g/mol. The molecule has 2 aromatic rings. The Bertz CT molecular complexity index is 511. The molecule has 20 heavy (non-hydrogen) atoms. The molecule has 0 aliphatic heterocycles. The summed E-state index contributed by atoms with van der Waals surface area (Å²) >= 11 is 1.80. The second kappa shape index (κ2) is 6.53. The van der Waals surface area contributed by atoms with Crippen molar-refractivity contribution in [2.75, 3.05) is 0 Å². The van der Waals surface area contributed by atoms with Crippen molar-refractivity contribution in [2.24, 2.45) is 5.41 Å². The van der Waals surface area contributed by atoms with Crippen molar-refractivity contribution >= 4 is 11.3 Å². The van der Waals surface area contributed by atoms with Crippen LogP contribution in [-0.4, -0.2) is 5.11 Å². The zero-order valence-corrected chi connectivity index (χ0v) is 13.2. The number of aliphatic hydroxyl groups excluding tert-OH is 1. The molecule has 0 aliphatic carbocycles. The largest absolute Gasteiger partial charge is 0.392 e. The van der Waals surface area contributed by atoms with Gasteiger partial charge in [0, 0.05) is 17.5 Å². The van der Waals surface area contributed by atoms with E-state index in [-0.39, 0.29) is 12.0 Å². The summed E-state index contributed by atoms with van der Waals surface area (Å²) in [6, 6.07) is 12.8. The molecule has 1 heterocycles. The molecule has 0 radical (unpaired) electrons. The van der Waals surface area contributed by atoms with Crippen molar-refractivity contribution in [2.45, 2.75) is 40.0 Å². The highest BCUT2D eigenvalue weighted by molar-refractivity contribution is 7.10. The molecule has 0 fully saturated rings. The fourth-order valence-electron chi connectivity index (χ4n) is 2.27. The van der Waals surface area contributed by atoms with Crippen LogP contribution in [0.1, 0.15) is 42.8 Å². The molecule has 0 spiro atoms. The normalized spacial score (nSPS) is 13.4. The number of aliphatic hydroxyl groups is 1. The van der Waals surface area contributed by atoms with E-state index >= 15 is 0 Å². The zero-order valence-electron chi connectivity index (χ0n) is 12.4. The van der Waals surface area contributed by atoms with Gasteiger partial charge in [-0.3, -0.25) is 0 Å². The maximum Gasteiger partial charge on any atom is 0.0681 e. The average molecular weight is 289 g/mol. The molecule has 1 aromatic carbocycles. The number of thiophene rings is 1. The second-order valence-electron chi connectivity index (χ2n) is 6.17. The molecule has 0 saturated carbocycles. The summed E-state index contributed by atoms with van der Waals surface area (Å²) in [5.74, 6) is 0. The molecule has 2 nitrogen and oxygen atoms in total. The van der Waals surface area contributed by atoms with Crippen molar-refractivity contribution in [1.29, 1.82) is 0 Å². The molecule has 2 rings (SSSR count). The Morgan fingerprint density at radius 1 is 1.10 bits per heavy atom. The summed E-state index contributed by atoms with van der Waals surface area (Å²) in [5, 5.41) is 14.9. The molecular formula is C17H23NOS. The lowest BCUT2D eigenvalue weighted by Gasteiger charge is -2.31. The molecule has 3 heteroatoms. The van der Waals surface area contributed by atoms with Crippen molar-refractivity contribution in [1.82, 2.24) is 5.32 Å². The Morgan fingerprint density at radius 3 is 2.25 bits per heavy atom. The third-order valence-corrected chi connectivity index (χ3v) is 4.35. The van der Waals surface area contributed by atoms with E-state index in [9.17, 15) is 0 Å². The first-order valence-corrected chi connectivity index (χ1v) is 7.84. The number of benzene rings is 1. The highest BCUT2D eigenvalue weighted by atomic mass is 32.1. The molecular weight excluding hydrogens is 266 g/mol. The van der Waals surface area contributed by atoms with Crippen molar-refractivity contribution in [3.05, 3.63) is 57.8 Å².